The van der Waals surface area contributed by atoms with E-state index in [1.165, 1.54) is 0 Å². The van der Waals surface area contributed by atoms with Crippen molar-refractivity contribution in [1.82, 2.24) is 10.2 Å². The Balaban J connectivity index is 2.22. The van der Waals surface area contributed by atoms with Gasteiger partial charge in [-0.2, -0.15) is 0 Å². The molecule has 0 bridgehead atoms. The standard InChI is InChI=1S/C12H14BrClN2O/c1-2-16(9-6-15-7-9)12(17)10-4-3-8(14)5-11(10)13/h3-5,9,15H,2,6-7H2,1H3. The maximum absolute atomic E-state index is 12.4. The van der Waals surface area contributed by atoms with Gasteiger partial charge in [0.15, 0.2) is 0 Å². The first kappa shape index (κ1) is 12.9. The van der Waals surface area contributed by atoms with Gasteiger partial charge in [0.05, 0.1) is 11.6 Å². The van der Waals surface area contributed by atoms with E-state index in [2.05, 4.69) is 21.2 Å². The fraction of sp³-hybridized carbons (Fsp3) is 0.417. The lowest BCUT2D eigenvalue weighted by molar-refractivity contribution is 0.0629. The molecular formula is C12H14BrClN2O. The van der Waals surface area contributed by atoms with Gasteiger partial charge in [0.2, 0.25) is 0 Å². The molecule has 0 saturated carbocycles. The Morgan fingerprint density at radius 3 is 2.76 bits per heavy atom. The van der Waals surface area contributed by atoms with E-state index in [4.69, 9.17) is 11.6 Å². The maximum Gasteiger partial charge on any atom is 0.255 e. The van der Waals surface area contributed by atoms with Crippen LogP contribution in [0.4, 0.5) is 0 Å². The van der Waals surface area contributed by atoms with Crippen LogP contribution in [-0.2, 0) is 0 Å². The van der Waals surface area contributed by atoms with Crippen LogP contribution in [0, 0.1) is 0 Å². The molecule has 1 aromatic carbocycles. The molecule has 1 amide bonds. The summed E-state index contributed by atoms with van der Waals surface area (Å²) in [4.78, 5) is 14.3. The van der Waals surface area contributed by atoms with Crippen LogP contribution in [0.15, 0.2) is 22.7 Å². The van der Waals surface area contributed by atoms with Crippen molar-refractivity contribution in [2.45, 2.75) is 13.0 Å². The Bertz CT molecular complexity index is 435. The first-order valence-corrected chi connectivity index (χ1v) is 6.77. The minimum Gasteiger partial charge on any atom is -0.333 e. The van der Waals surface area contributed by atoms with Crippen LogP contribution in [0.2, 0.25) is 5.02 Å². The van der Waals surface area contributed by atoms with Crippen LogP contribution >= 0.6 is 27.5 Å². The fourth-order valence-corrected chi connectivity index (χ4v) is 2.73. The Morgan fingerprint density at radius 2 is 2.29 bits per heavy atom. The fourth-order valence-electron chi connectivity index (χ4n) is 1.88. The van der Waals surface area contributed by atoms with Crippen LogP contribution in [0.25, 0.3) is 0 Å². The van der Waals surface area contributed by atoms with Gasteiger partial charge in [-0.25, -0.2) is 0 Å². The topological polar surface area (TPSA) is 32.3 Å². The van der Waals surface area contributed by atoms with E-state index in [0.29, 0.717) is 16.6 Å². The molecular weight excluding hydrogens is 304 g/mol. The van der Waals surface area contributed by atoms with Crippen LogP contribution in [0.1, 0.15) is 17.3 Å². The van der Waals surface area contributed by atoms with Crippen LogP contribution in [-0.4, -0.2) is 36.5 Å². The minimum absolute atomic E-state index is 0.0579. The quantitative estimate of drug-likeness (QED) is 0.929. The molecule has 1 N–H and O–H groups in total. The van der Waals surface area contributed by atoms with Gasteiger partial charge >= 0.3 is 0 Å². The zero-order chi connectivity index (χ0) is 12.4. The zero-order valence-electron chi connectivity index (χ0n) is 9.54. The van der Waals surface area contributed by atoms with Gasteiger partial charge in [-0.05, 0) is 41.1 Å². The van der Waals surface area contributed by atoms with E-state index in [-0.39, 0.29) is 5.91 Å². The Labute approximate surface area is 114 Å². The van der Waals surface area contributed by atoms with Crippen molar-refractivity contribution < 1.29 is 4.79 Å². The maximum atomic E-state index is 12.4. The summed E-state index contributed by atoms with van der Waals surface area (Å²) in [6.07, 6.45) is 0. The SMILES string of the molecule is CCN(C(=O)c1ccc(Cl)cc1Br)C1CNC1. The number of amides is 1. The summed E-state index contributed by atoms with van der Waals surface area (Å²) in [7, 11) is 0. The summed E-state index contributed by atoms with van der Waals surface area (Å²) in [6.45, 7) is 4.48. The highest BCUT2D eigenvalue weighted by molar-refractivity contribution is 9.10. The molecule has 0 aliphatic carbocycles. The van der Waals surface area contributed by atoms with Crippen molar-refractivity contribution in [3.63, 3.8) is 0 Å². The number of rotatable bonds is 3. The van der Waals surface area contributed by atoms with Gasteiger partial charge in [0.1, 0.15) is 0 Å². The number of benzene rings is 1. The largest absolute Gasteiger partial charge is 0.333 e. The van der Waals surface area contributed by atoms with Crippen LogP contribution < -0.4 is 5.32 Å². The lowest BCUT2D eigenvalue weighted by Gasteiger charge is -2.37. The molecule has 2 rings (SSSR count). The molecule has 1 heterocycles. The van der Waals surface area contributed by atoms with Crippen molar-refractivity contribution in [1.29, 1.82) is 0 Å². The van der Waals surface area contributed by atoms with Crippen molar-refractivity contribution >= 4 is 33.4 Å². The molecule has 1 saturated heterocycles. The summed E-state index contributed by atoms with van der Waals surface area (Å²) in [5.74, 6) is 0.0579. The average molecular weight is 318 g/mol. The van der Waals surface area contributed by atoms with E-state index in [1.54, 1.807) is 18.2 Å². The third-order valence-electron chi connectivity index (χ3n) is 2.96. The number of nitrogens with zero attached hydrogens (tertiary/aromatic N) is 1. The van der Waals surface area contributed by atoms with Gasteiger partial charge < -0.3 is 10.2 Å². The summed E-state index contributed by atoms with van der Waals surface area (Å²) < 4.78 is 0.751. The molecule has 0 spiro atoms. The van der Waals surface area contributed by atoms with Crippen molar-refractivity contribution in [3.8, 4) is 0 Å². The highest BCUT2D eigenvalue weighted by Gasteiger charge is 2.28. The molecule has 3 nitrogen and oxygen atoms in total. The number of carbonyl (C=O) groups is 1. The Morgan fingerprint density at radius 1 is 1.59 bits per heavy atom. The molecule has 1 fully saturated rings. The lowest BCUT2D eigenvalue weighted by atomic mass is 10.1. The average Bonchev–Trinajstić information content (AvgIpc) is 2.22. The molecule has 92 valence electrons. The summed E-state index contributed by atoms with van der Waals surface area (Å²) in [5, 5.41) is 3.81. The van der Waals surface area contributed by atoms with Crippen LogP contribution in [0.5, 0.6) is 0 Å². The van der Waals surface area contributed by atoms with Gasteiger partial charge in [-0.15, -0.1) is 0 Å². The number of halogens is 2. The van der Waals surface area contributed by atoms with Gasteiger partial charge in [-0.3, -0.25) is 4.79 Å². The van der Waals surface area contributed by atoms with Crippen molar-refractivity contribution in [2.24, 2.45) is 0 Å². The number of nitrogens with one attached hydrogen (secondary N) is 1. The smallest absolute Gasteiger partial charge is 0.255 e. The molecule has 1 aromatic rings. The first-order valence-electron chi connectivity index (χ1n) is 5.60. The van der Waals surface area contributed by atoms with Gasteiger partial charge in [0, 0.05) is 29.1 Å². The summed E-state index contributed by atoms with van der Waals surface area (Å²) in [6, 6.07) is 5.58. The van der Waals surface area contributed by atoms with E-state index in [9.17, 15) is 4.79 Å². The normalized spacial score (nSPS) is 15.5. The lowest BCUT2D eigenvalue weighted by Crippen LogP contribution is -2.58. The second-order valence-corrected chi connectivity index (χ2v) is 5.32. The molecule has 0 aromatic heterocycles. The Kier molecular flexibility index (Phi) is 4.07. The molecule has 1 aliphatic rings. The number of hydrogen-bond donors (Lipinski definition) is 1. The zero-order valence-corrected chi connectivity index (χ0v) is 11.9. The molecule has 5 heteroatoms. The van der Waals surface area contributed by atoms with Crippen molar-refractivity contribution in [2.75, 3.05) is 19.6 Å². The Hall–Kier alpha value is -0.580. The number of likely N-dealkylation sites (N-methyl/N-ethyl adjacent to an activating group) is 1. The third-order valence-corrected chi connectivity index (χ3v) is 3.85. The molecule has 17 heavy (non-hydrogen) atoms. The first-order chi connectivity index (χ1) is 8.13. The molecule has 0 unspecified atom stereocenters. The van der Waals surface area contributed by atoms with Gasteiger partial charge in [-0.1, -0.05) is 11.6 Å². The predicted octanol–water partition coefficient (Wildman–Crippen LogP) is 2.54. The highest BCUT2D eigenvalue weighted by atomic mass is 79.9. The number of hydrogen-bond acceptors (Lipinski definition) is 2. The molecule has 0 radical (unpaired) electrons. The van der Waals surface area contributed by atoms with Gasteiger partial charge in [0.25, 0.3) is 5.91 Å². The highest BCUT2D eigenvalue weighted by Crippen LogP contribution is 2.23. The third kappa shape index (κ3) is 2.64. The minimum atomic E-state index is 0.0579. The summed E-state index contributed by atoms with van der Waals surface area (Å²) in [5.41, 5.74) is 0.670. The second kappa shape index (κ2) is 5.38. The van der Waals surface area contributed by atoms with E-state index in [1.807, 2.05) is 11.8 Å². The van der Waals surface area contributed by atoms with E-state index < -0.39 is 0 Å². The van der Waals surface area contributed by atoms with E-state index in [0.717, 1.165) is 24.1 Å². The monoisotopic (exact) mass is 316 g/mol. The predicted molar refractivity (Wildman–Crippen MR) is 72.5 cm³/mol. The second-order valence-electron chi connectivity index (χ2n) is 4.03. The van der Waals surface area contributed by atoms with Crippen molar-refractivity contribution in [3.05, 3.63) is 33.3 Å². The van der Waals surface area contributed by atoms with Crippen LogP contribution in [0.3, 0.4) is 0 Å². The molecule has 0 atom stereocenters. The molecule has 1 aliphatic heterocycles. The van der Waals surface area contributed by atoms with E-state index >= 15 is 0 Å². The number of carbonyl (C=O) groups excluding carboxylic acids is 1. The summed E-state index contributed by atoms with van der Waals surface area (Å²) >= 11 is 9.26.